The van der Waals surface area contributed by atoms with Crippen LogP contribution in [0.1, 0.15) is 22.8 Å². The van der Waals surface area contributed by atoms with Gasteiger partial charge >= 0.3 is 0 Å². The molecule has 2 aromatic rings. The summed E-state index contributed by atoms with van der Waals surface area (Å²) in [5.74, 6) is 1.03. The topological polar surface area (TPSA) is 35.5 Å². The van der Waals surface area contributed by atoms with Crippen molar-refractivity contribution in [3.05, 3.63) is 57.6 Å². The highest BCUT2D eigenvalue weighted by molar-refractivity contribution is 6.35. The second kappa shape index (κ2) is 6.83. The van der Waals surface area contributed by atoms with Crippen LogP contribution in [0.5, 0.6) is 11.5 Å². The maximum atomic E-state index is 11.4. The van der Waals surface area contributed by atoms with Crippen molar-refractivity contribution in [2.45, 2.75) is 13.5 Å². The van der Waals surface area contributed by atoms with Gasteiger partial charge in [0.15, 0.2) is 17.3 Å². The second-order valence-electron chi connectivity index (χ2n) is 4.45. The van der Waals surface area contributed by atoms with Crippen LogP contribution in [0.15, 0.2) is 36.4 Å². The number of ether oxygens (including phenoxy) is 2. The Morgan fingerprint density at radius 3 is 2.48 bits per heavy atom. The Bertz CT molecular complexity index is 669. The van der Waals surface area contributed by atoms with Crippen molar-refractivity contribution in [2.24, 2.45) is 0 Å². The van der Waals surface area contributed by atoms with E-state index in [9.17, 15) is 4.79 Å². The fraction of sp³-hybridized carbons (Fsp3) is 0.188. The Morgan fingerprint density at radius 2 is 1.86 bits per heavy atom. The molecule has 0 unspecified atom stereocenters. The van der Waals surface area contributed by atoms with Gasteiger partial charge in [-0.05, 0) is 37.3 Å². The van der Waals surface area contributed by atoms with E-state index in [1.54, 1.807) is 36.4 Å². The third kappa shape index (κ3) is 3.90. The normalized spacial score (nSPS) is 10.3. The van der Waals surface area contributed by atoms with Crippen molar-refractivity contribution in [2.75, 3.05) is 7.11 Å². The van der Waals surface area contributed by atoms with E-state index in [0.29, 0.717) is 27.1 Å². The zero-order chi connectivity index (χ0) is 15.4. The zero-order valence-electron chi connectivity index (χ0n) is 11.7. The molecule has 0 radical (unpaired) electrons. The fourth-order valence-corrected chi connectivity index (χ4v) is 2.26. The van der Waals surface area contributed by atoms with Gasteiger partial charge in [-0.25, -0.2) is 0 Å². The Hall–Kier alpha value is -1.71. The van der Waals surface area contributed by atoms with E-state index in [1.165, 1.54) is 14.0 Å². The smallest absolute Gasteiger partial charge is 0.161 e. The third-order valence-electron chi connectivity index (χ3n) is 2.97. The van der Waals surface area contributed by atoms with Gasteiger partial charge in [0, 0.05) is 21.2 Å². The van der Waals surface area contributed by atoms with Gasteiger partial charge in [0.25, 0.3) is 0 Å². The average Bonchev–Trinajstić information content (AvgIpc) is 2.46. The molecule has 0 fully saturated rings. The van der Waals surface area contributed by atoms with Crippen LogP contribution in [0.3, 0.4) is 0 Å². The van der Waals surface area contributed by atoms with E-state index in [4.69, 9.17) is 32.7 Å². The summed E-state index contributed by atoms with van der Waals surface area (Å²) in [4.78, 5) is 11.4. The molecule has 0 atom stereocenters. The van der Waals surface area contributed by atoms with E-state index < -0.39 is 0 Å². The van der Waals surface area contributed by atoms with Gasteiger partial charge in [0.2, 0.25) is 0 Å². The molecule has 3 nitrogen and oxygen atoms in total. The lowest BCUT2D eigenvalue weighted by molar-refractivity contribution is 0.101. The molecule has 21 heavy (non-hydrogen) atoms. The lowest BCUT2D eigenvalue weighted by atomic mass is 10.1. The van der Waals surface area contributed by atoms with Crippen molar-refractivity contribution in [3.8, 4) is 11.5 Å². The van der Waals surface area contributed by atoms with Crippen LogP contribution in [0.2, 0.25) is 10.0 Å². The molecule has 0 amide bonds. The molecule has 0 aromatic heterocycles. The predicted octanol–water partition coefficient (Wildman–Crippen LogP) is 4.78. The number of ketones is 1. The predicted molar refractivity (Wildman–Crippen MR) is 83.8 cm³/mol. The molecule has 0 saturated heterocycles. The highest BCUT2D eigenvalue weighted by atomic mass is 35.5. The monoisotopic (exact) mass is 324 g/mol. The number of hydrogen-bond acceptors (Lipinski definition) is 3. The summed E-state index contributed by atoms with van der Waals surface area (Å²) in [5, 5.41) is 1.12. The summed E-state index contributed by atoms with van der Waals surface area (Å²) in [6.45, 7) is 1.79. The molecule has 0 aliphatic carbocycles. The SMILES string of the molecule is COc1cc(C(C)=O)ccc1OCc1ccc(Cl)cc1Cl. The van der Waals surface area contributed by atoms with Gasteiger partial charge in [0.1, 0.15) is 6.61 Å². The number of hydrogen-bond donors (Lipinski definition) is 0. The van der Waals surface area contributed by atoms with E-state index in [0.717, 1.165) is 5.56 Å². The first-order valence-corrected chi connectivity index (χ1v) is 7.02. The summed E-state index contributed by atoms with van der Waals surface area (Å²) in [6, 6.07) is 10.3. The molecule has 0 spiro atoms. The largest absolute Gasteiger partial charge is 0.493 e. The number of benzene rings is 2. The molecule has 0 heterocycles. The minimum atomic E-state index is -0.0272. The number of halogens is 2. The molecule has 5 heteroatoms. The molecule has 110 valence electrons. The van der Waals surface area contributed by atoms with E-state index >= 15 is 0 Å². The molecule has 0 N–H and O–H groups in total. The van der Waals surface area contributed by atoms with Crippen molar-refractivity contribution in [3.63, 3.8) is 0 Å². The lowest BCUT2D eigenvalue weighted by Gasteiger charge is -2.12. The van der Waals surface area contributed by atoms with Crippen LogP contribution in [-0.4, -0.2) is 12.9 Å². The molecule has 2 rings (SSSR count). The zero-order valence-corrected chi connectivity index (χ0v) is 13.2. The van der Waals surface area contributed by atoms with Crippen LogP contribution in [0.25, 0.3) is 0 Å². The van der Waals surface area contributed by atoms with Crippen LogP contribution in [-0.2, 0) is 6.61 Å². The quantitative estimate of drug-likeness (QED) is 0.742. The Labute approximate surface area is 133 Å². The van der Waals surface area contributed by atoms with Gasteiger partial charge in [-0.2, -0.15) is 0 Å². The summed E-state index contributed by atoms with van der Waals surface area (Å²) in [5.41, 5.74) is 1.39. The number of Topliss-reactive ketones (excluding diaryl/α,β-unsaturated/α-hetero) is 1. The first-order chi connectivity index (χ1) is 10.0. The maximum absolute atomic E-state index is 11.4. The summed E-state index contributed by atoms with van der Waals surface area (Å²) in [6.07, 6.45) is 0. The molecule has 0 bridgehead atoms. The van der Waals surface area contributed by atoms with Gasteiger partial charge in [-0.3, -0.25) is 4.79 Å². The number of rotatable bonds is 5. The molecule has 0 aliphatic rings. The Balaban J connectivity index is 2.17. The van der Waals surface area contributed by atoms with E-state index in [2.05, 4.69) is 0 Å². The first kappa shape index (κ1) is 15.7. The second-order valence-corrected chi connectivity index (χ2v) is 5.29. The van der Waals surface area contributed by atoms with Crippen molar-refractivity contribution in [1.82, 2.24) is 0 Å². The Kier molecular flexibility index (Phi) is 5.10. The van der Waals surface area contributed by atoms with Gasteiger partial charge in [0.05, 0.1) is 7.11 Å². The summed E-state index contributed by atoms with van der Waals surface area (Å²) < 4.78 is 10.9. The standard InChI is InChI=1S/C16H14Cl2O3/c1-10(19)11-4-6-15(16(7-11)20-2)21-9-12-3-5-13(17)8-14(12)18/h3-8H,9H2,1-2H3. The molecule has 0 aliphatic heterocycles. The van der Waals surface area contributed by atoms with Crippen LogP contribution in [0.4, 0.5) is 0 Å². The van der Waals surface area contributed by atoms with Crippen LogP contribution >= 0.6 is 23.2 Å². The van der Waals surface area contributed by atoms with Gasteiger partial charge in [-0.1, -0.05) is 29.3 Å². The summed E-state index contributed by atoms with van der Waals surface area (Å²) >= 11 is 11.9. The van der Waals surface area contributed by atoms with Crippen LogP contribution in [0, 0.1) is 0 Å². The van der Waals surface area contributed by atoms with E-state index in [-0.39, 0.29) is 12.4 Å². The highest BCUT2D eigenvalue weighted by Gasteiger charge is 2.09. The lowest BCUT2D eigenvalue weighted by Crippen LogP contribution is -2.00. The molecule has 2 aromatic carbocycles. The van der Waals surface area contributed by atoms with Crippen molar-refractivity contribution in [1.29, 1.82) is 0 Å². The van der Waals surface area contributed by atoms with Crippen LogP contribution < -0.4 is 9.47 Å². The Morgan fingerprint density at radius 1 is 1.10 bits per heavy atom. The van der Waals surface area contributed by atoms with E-state index in [1.807, 2.05) is 0 Å². The van der Waals surface area contributed by atoms with Crippen molar-refractivity contribution < 1.29 is 14.3 Å². The molecular weight excluding hydrogens is 311 g/mol. The van der Waals surface area contributed by atoms with Gasteiger partial charge in [-0.15, -0.1) is 0 Å². The maximum Gasteiger partial charge on any atom is 0.161 e. The summed E-state index contributed by atoms with van der Waals surface area (Å²) in [7, 11) is 1.53. The number of carbonyl (C=O) groups is 1. The fourth-order valence-electron chi connectivity index (χ4n) is 1.80. The third-order valence-corrected chi connectivity index (χ3v) is 3.56. The number of carbonyl (C=O) groups excluding carboxylic acids is 1. The molecular formula is C16H14Cl2O3. The first-order valence-electron chi connectivity index (χ1n) is 6.27. The van der Waals surface area contributed by atoms with Gasteiger partial charge < -0.3 is 9.47 Å². The number of methoxy groups -OCH3 is 1. The highest BCUT2D eigenvalue weighted by Crippen LogP contribution is 2.30. The molecule has 0 saturated carbocycles. The average molecular weight is 325 g/mol. The minimum Gasteiger partial charge on any atom is -0.493 e. The minimum absolute atomic E-state index is 0.0272. The van der Waals surface area contributed by atoms with Crippen molar-refractivity contribution >= 4 is 29.0 Å².